The molecule has 1 aromatic carbocycles. The maximum Gasteiger partial charge on any atom is 0.194 e. The average molecular weight is 531 g/mol. The van der Waals surface area contributed by atoms with E-state index < -0.39 is 0 Å². The Morgan fingerprint density at radius 2 is 1.77 bits per heavy atom. The number of nitrogens with zero attached hydrogens (tertiary/aromatic N) is 6. The molecule has 3 heterocycles. The number of piperazine rings is 1. The molecule has 0 atom stereocenters. The maximum absolute atomic E-state index is 4.87. The van der Waals surface area contributed by atoms with Crippen LogP contribution in [0, 0.1) is 0 Å². The molecule has 0 bridgehead atoms. The van der Waals surface area contributed by atoms with Crippen molar-refractivity contribution in [3.8, 4) is 0 Å². The average Bonchev–Trinajstić information content (AvgIpc) is 3.25. The van der Waals surface area contributed by atoms with Gasteiger partial charge in [0, 0.05) is 50.7 Å². The predicted octanol–water partition coefficient (Wildman–Crippen LogP) is 3.23. The molecule has 164 valence electrons. The summed E-state index contributed by atoms with van der Waals surface area (Å²) in [5, 5.41) is 7.93. The summed E-state index contributed by atoms with van der Waals surface area (Å²) in [4.78, 5) is 14.0. The zero-order chi connectivity index (χ0) is 20.6. The van der Waals surface area contributed by atoms with Gasteiger partial charge in [-0.15, -0.1) is 24.0 Å². The Bertz CT molecular complexity index is 935. The summed E-state index contributed by atoms with van der Waals surface area (Å²) < 4.78 is 1.97. The van der Waals surface area contributed by atoms with Crippen LogP contribution in [0.25, 0.3) is 0 Å². The Hall–Kier alpha value is -2.62. The summed E-state index contributed by atoms with van der Waals surface area (Å²) in [7, 11) is 0. The van der Waals surface area contributed by atoms with Crippen molar-refractivity contribution in [2.24, 2.45) is 4.99 Å². The fraction of sp³-hybridized carbons (Fsp3) is 0.348. The third-order valence-electron chi connectivity index (χ3n) is 5.17. The lowest BCUT2D eigenvalue weighted by Gasteiger charge is -2.37. The van der Waals surface area contributed by atoms with Crippen LogP contribution in [0.5, 0.6) is 0 Å². The van der Waals surface area contributed by atoms with Gasteiger partial charge in [0.15, 0.2) is 5.96 Å². The molecular weight excluding hydrogens is 501 g/mol. The molecule has 0 amide bonds. The third kappa shape index (κ3) is 6.43. The molecule has 1 saturated heterocycles. The number of pyridine rings is 1. The molecule has 0 radical (unpaired) electrons. The minimum atomic E-state index is 0. The van der Waals surface area contributed by atoms with Gasteiger partial charge in [0.05, 0.1) is 19.3 Å². The van der Waals surface area contributed by atoms with Gasteiger partial charge in [-0.2, -0.15) is 5.10 Å². The number of benzene rings is 1. The first-order chi connectivity index (χ1) is 14.8. The highest BCUT2D eigenvalue weighted by Gasteiger charge is 2.20. The molecule has 31 heavy (non-hydrogen) atoms. The van der Waals surface area contributed by atoms with Gasteiger partial charge in [0.1, 0.15) is 5.82 Å². The molecule has 8 heteroatoms. The van der Waals surface area contributed by atoms with Crippen LogP contribution in [0.4, 0.5) is 5.82 Å². The van der Waals surface area contributed by atoms with Gasteiger partial charge < -0.3 is 15.1 Å². The van der Waals surface area contributed by atoms with E-state index in [1.807, 2.05) is 35.3 Å². The Morgan fingerprint density at radius 3 is 2.48 bits per heavy atom. The number of hydrogen-bond acceptors (Lipinski definition) is 4. The Labute approximate surface area is 201 Å². The number of nitrogens with one attached hydrogen (secondary N) is 1. The van der Waals surface area contributed by atoms with E-state index in [2.05, 4.69) is 68.7 Å². The lowest BCUT2D eigenvalue weighted by molar-refractivity contribution is 0.371. The number of aromatic nitrogens is 3. The highest BCUT2D eigenvalue weighted by Crippen LogP contribution is 2.13. The molecule has 0 aliphatic carbocycles. The van der Waals surface area contributed by atoms with Crippen molar-refractivity contribution in [1.29, 1.82) is 0 Å². The van der Waals surface area contributed by atoms with Crippen molar-refractivity contribution in [1.82, 2.24) is 25.0 Å². The fourth-order valence-corrected chi connectivity index (χ4v) is 3.63. The molecule has 0 spiro atoms. The number of aliphatic imine (C=N–C) groups is 1. The first-order valence-electron chi connectivity index (χ1n) is 10.6. The van der Waals surface area contributed by atoms with Crippen molar-refractivity contribution in [3.63, 3.8) is 0 Å². The predicted molar refractivity (Wildman–Crippen MR) is 136 cm³/mol. The second-order valence-corrected chi connectivity index (χ2v) is 7.36. The van der Waals surface area contributed by atoms with Crippen LogP contribution in [-0.2, 0) is 13.1 Å². The molecule has 4 rings (SSSR count). The second-order valence-electron chi connectivity index (χ2n) is 7.36. The van der Waals surface area contributed by atoms with Gasteiger partial charge in [-0.1, -0.05) is 36.4 Å². The van der Waals surface area contributed by atoms with E-state index in [9.17, 15) is 0 Å². The van der Waals surface area contributed by atoms with Gasteiger partial charge in [-0.3, -0.25) is 4.68 Å². The fourth-order valence-electron chi connectivity index (χ4n) is 3.63. The molecule has 7 nitrogen and oxygen atoms in total. The Balaban J connectivity index is 0.00000272. The lowest BCUT2D eigenvalue weighted by Crippen LogP contribution is -2.52. The lowest BCUT2D eigenvalue weighted by atomic mass is 10.2. The molecular formula is C23H30IN7. The Morgan fingerprint density at radius 1 is 1.00 bits per heavy atom. The van der Waals surface area contributed by atoms with Crippen LogP contribution >= 0.6 is 24.0 Å². The number of hydrogen-bond donors (Lipinski definition) is 1. The Kier molecular flexibility index (Phi) is 8.69. The van der Waals surface area contributed by atoms with Crippen molar-refractivity contribution in [3.05, 3.63) is 78.2 Å². The van der Waals surface area contributed by atoms with E-state index in [1.54, 1.807) is 0 Å². The highest BCUT2D eigenvalue weighted by atomic mass is 127. The first kappa shape index (κ1) is 23.1. The van der Waals surface area contributed by atoms with E-state index in [1.165, 1.54) is 5.56 Å². The summed E-state index contributed by atoms with van der Waals surface area (Å²) in [5.41, 5.74) is 2.36. The SMILES string of the molecule is CCNC(=NCc1cnn(Cc2ccccc2)c1)N1CCN(c2ccccn2)CC1.I. The van der Waals surface area contributed by atoms with Crippen LogP contribution in [0.2, 0.25) is 0 Å². The van der Waals surface area contributed by atoms with Crippen LogP contribution in [-0.4, -0.2) is 58.3 Å². The van der Waals surface area contributed by atoms with Crippen LogP contribution in [0.3, 0.4) is 0 Å². The standard InChI is InChI=1S/C23H29N7.HI/c1-2-24-23(29-14-12-28(13-15-29)22-10-6-7-11-25-22)26-16-21-17-27-30(19-21)18-20-8-4-3-5-9-20;/h3-11,17,19H,2,12-16,18H2,1H3,(H,24,26);1H. The van der Waals surface area contributed by atoms with Gasteiger partial charge in [0.25, 0.3) is 0 Å². The summed E-state index contributed by atoms with van der Waals surface area (Å²) in [6.07, 6.45) is 5.85. The molecule has 1 aliphatic heterocycles. The minimum absolute atomic E-state index is 0. The number of anilines is 1. The van der Waals surface area contributed by atoms with E-state index in [0.717, 1.165) is 56.6 Å². The monoisotopic (exact) mass is 531 g/mol. The summed E-state index contributed by atoms with van der Waals surface area (Å²) in [5.74, 6) is 2.01. The molecule has 3 aromatic rings. The smallest absolute Gasteiger partial charge is 0.194 e. The van der Waals surface area contributed by atoms with Crippen LogP contribution in [0.1, 0.15) is 18.1 Å². The van der Waals surface area contributed by atoms with Gasteiger partial charge in [0.2, 0.25) is 0 Å². The minimum Gasteiger partial charge on any atom is -0.357 e. The van der Waals surface area contributed by atoms with Crippen LogP contribution < -0.4 is 10.2 Å². The molecule has 0 unspecified atom stereocenters. The second kappa shape index (κ2) is 11.7. The van der Waals surface area contributed by atoms with Crippen molar-refractivity contribution < 1.29 is 0 Å². The maximum atomic E-state index is 4.87. The molecule has 2 aromatic heterocycles. The van der Waals surface area contributed by atoms with Gasteiger partial charge in [-0.05, 0) is 24.6 Å². The number of halogens is 1. The number of guanidine groups is 1. The topological polar surface area (TPSA) is 61.6 Å². The third-order valence-corrected chi connectivity index (χ3v) is 5.17. The van der Waals surface area contributed by atoms with E-state index in [4.69, 9.17) is 4.99 Å². The summed E-state index contributed by atoms with van der Waals surface area (Å²) in [6.45, 7) is 8.10. The van der Waals surface area contributed by atoms with E-state index >= 15 is 0 Å². The normalized spacial score (nSPS) is 14.3. The van der Waals surface area contributed by atoms with E-state index in [-0.39, 0.29) is 24.0 Å². The number of rotatable bonds is 6. The highest BCUT2D eigenvalue weighted by molar-refractivity contribution is 14.0. The summed E-state index contributed by atoms with van der Waals surface area (Å²) in [6, 6.07) is 16.4. The van der Waals surface area contributed by atoms with Crippen molar-refractivity contribution in [2.45, 2.75) is 20.0 Å². The first-order valence-corrected chi connectivity index (χ1v) is 10.6. The molecule has 1 aliphatic rings. The van der Waals surface area contributed by atoms with Crippen molar-refractivity contribution >= 4 is 35.8 Å². The molecule has 1 fully saturated rings. The van der Waals surface area contributed by atoms with Crippen LogP contribution in [0.15, 0.2) is 72.1 Å². The largest absolute Gasteiger partial charge is 0.357 e. The van der Waals surface area contributed by atoms with E-state index in [0.29, 0.717) is 6.54 Å². The summed E-state index contributed by atoms with van der Waals surface area (Å²) >= 11 is 0. The quantitative estimate of drug-likeness (QED) is 0.301. The zero-order valence-corrected chi connectivity index (χ0v) is 20.2. The van der Waals surface area contributed by atoms with Gasteiger partial charge >= 0.3 is 0 Å². The van der Waals surface area contributed by atoms with Crippen molar-refractivity contribution in [2.75, 3.05) is 37.6 Å². The molecule has 1 N–H and O–H groups in total. The van der Waals surface area contributed by atoms with Gasteiger partial charge in [-0.25, -0.2) is 9.98 Å². The molecule has 0 saturated carbocycles. The zero-order valence-electron chi connectivity index (χ0n) is 17.9.